The Morgan fingerprint density at radius 2 is 2.35 bits per heavy atom. The van der Waals surface area contributed by atoms with E-state index in [1.54, 1.807) is 12.0 Å². The number of nitrogens with one attached hydrogen (secondary N) is 1. The molecule has 1 rings (SSSR count). The predicted molar refractivity (Wildman–Crippen MR) is 70.7 cm³/mol. The fourth-order valence-electron chi connectivity index (χ4n) is 1.32. The molecule has 96 valence electrons. The Balaban J connectivity index is 2.44. The smallest absolute Gasteiger partial charge is 0.317 e. The zero-order valence-electron chi connectivity index (χ0n) is 10.0. The fourth-order valence-corrected chi connectivity index (χ4v) is 2.43. The standard InChI is InChI=1S/C11H17ClN2O2S/c1-3-14(11(15)13-6-7-16-2)8-9-4-5-10(12)17-9/h4-5H,3,6-8H2,1-2H3,(H,13,15). The first-order chi connectivity index (χ1) is 8.17. The molecule has 0 atom stereocenters. The van der Waals surface area contributed by atoms with Gasteiger partial charge in [-0.1, -0.05) is 11.6 Å². The van der Waals surface area contributed by atoms with Crippen molar-refractivity contribution in [2.45, 2.75) is 13.5 Å². The lowest BCUT2D eigenvalue weighted by molar-refractivity contribution is 0.180. The quantitative estimate of drug-likeness (QED) is 0.812. The summed E-state index contributed by atoms with van der Waals surface area (Å²) in [5.41, 5.74) is 0. The van der Waals surface area contributed by atoms with Crippen LogP contribution in [0, 0.1) is 0 Å². The number of hydrogen-bond acceptors (Lipinski definition) is 3. The van der Waals surface area contributed by atoms with Crippen LogP contribution in [-0.4, -0.2) is 37.7 Å². The van der Waals surface area contributed by atoms with Crippen molar-refractivity contribution >= 4 is 29.0 Å². The fraction of sp³-hybridized carbons (Fsp3) is 0.545. The van der Waals surface area contributed by atoms with Gasteiger partial charge in [0.1, 0.15) is 0 Å². The summed E-state index contributed by atoms with van der Waals surface area (Å²) in [6.45, 7) is 4.25. The molecule has 1 aromatic heterocycles. The van der Waals surface area contributed by atoms with E-state index in [4.69, 9.17) is 16.3 Å². The van der Waals surface area contributed by atoms with Crippen molar-refractivity contribution in [3.05, 3.63) is 21.3 Å². The predicted octanol–water partition coefficient (Wildman–Crippen LogP) is 2.58. The molecule has 0 bridgehead atoms. The molecule has 0 fully saturated rings. The lowest BCUT2D eigenvalue weighted by Crippen LogP contribution is -2.40. The Hall–Kier alpha value is -0.780. The summed E-state index contributed by atoms with van der Waals surface area (Å²) in [6.07, 6.45) is 0. The number of carbonyl (C=O) groups is 1. The normalized spacial score (nSPS) is 10.3. The van der Waals surface area contributed by atoms with Gasteiger partial charge in [0.15, 0.2) is 0 Å². The number of nitrogens with zero attached hydrogens (tertiary/aromatic N) is 1. The number of ether oxygens (including phenoxy) is 1. The first kappa shape index (κ1) is 14.3. The molecular formula is C11H17ClN2O2S. The molecule has 17 heavy (non-hydrogen) atoms. The zero-order valence-corrected chi connectivity index (χ0v) is 11.6. The number of rotatable bonds is 6. The van der Waals surface area contributed by atoms with E-state index in [0.717, 1.165) is 9.21 Å². The summed E-state index contributed by atoms with van der Waals surface area (Å²) in [7, 11) is 1.61. The Morgan fingerprint density at radius 3 is 2.88 bits per heavy atom. The number of thiophene rings is 1. The van der Waals surface area contributed by atoms with Crippen LogP contribution < -0.4 is 5.32 Å². The molecule has 0 saturated heterocycles. The highest BCUT2D eigenvalue weighted by Gasteiger charge is 2.12. The lowest BCUT2D eigenvalue weighted by Gasteiger charge is -2.20. The maximum absolute atomic E-state index is 11.8. The van der Waals surface area contributed by atoms with Gasteiger partial charge in [-0.05, 0) is 19.1 Å². The highest BCUT2D eigenvalue weighted by atomic mass is 35.5. The first-order valence-corrected chi connectivity index (χ1v) is 6.62. The minimum atomic E-state index is -0.0749. The summed E-state index contributed by atoms with van der Waals surface area (Å²) < 4.78 is 5.62. The van der Waals surface area contributed by atoms with Crippen molar-refractivity contribution in [2.75, 3.05) is 26.8 Å². The molecule has 0 aliphatic heterocycles. The molecule has 0 saturated carbocycles. The summed E-state index contributed by atoms with van der Waals surface area (Å²) in [4.78, 5) is 14.6. The second-order valence-corrected chi connectivity index (χ2v) is 5.24. The van der Waals surface area contributed by atoms with Crippen molar-refractivity contribution in [2.24, 2.45) is 0 Å². The molecule has 2 amide bonds. The Bertz CT molecular complexity index is 357. The number of urea groups is 1. The van der Waals surface area contributed by atoms with Crippen LogP contribution >= 0.6 is 22.9 Å². The molecule has 1 heterocycles. The molecule has 1 N–H and O–H groups in total. The third kappa shape index (κ3) is 4.93. The monoisotopic (exact) mass is 276 g/mol. The molecule has 0 spiro atoms. The van der Waals surface area contributed by atoms with Gasteiger partial charge in [0.2, 0.25) is 0 Å². The van der Waals surface area contributed by atoms with Crippen LogP contribution in [0.25, 0.3) is 0 Å². The largest absolute Gasteiger partial charge is 0.383 e. The van der Waals surface area contributed by atoms with E-state index < -0.39 is 0 Å². The van der Waals surface area contributed by atoms with E-state index in [0.29, 0.717) is 26.2 Å². The minimum absolute atomic E-state index is 0.0749. The van der Waals surface area contributed by atoms with E-state index in [-0.39, 0.29) is 6.03 Å². The van der Waals surface area contributed by atoms with E-state index >= 15 is 0 Å². The van der Waals surface area contributed by atoms with E-state index in [9.17, 15) is 4.79 Å². The number of carbonyl (C=O) groups excluding carboxylic acids is 1. The van der Waals surface area contributed by atoms with Crippen molar-refractivity contribution in [3.8, 4) is 0 Å². The molecule has 1 aromatic rings. The number of amides is 2. The van der Waals surface area contributed by atoms with Gasteiger partial charge >= 0.3 is 6.03 Å². The zero-order chi connectivity index (χ0) is 12.7. The number of halogens is 1. The Kier molecular flexibility index (Phi) is 6.32. The van der Waals surface area contributed by atoms with E-state index in [2.05, 4.69) is 5.32 Å². The molecule has 0 unspecified atom stereocenters. The first-order valence-electron chi connectivity index (χ1n) is 5.43. The summed E-state index contributed by atoms with van der Waals surface area (Å²) >= 11 is 7.35. The Morgan fingerprint density at radius 1 is 1.59 bits per heavy atom. The third-order valence-electron chi connectivity index (χ3n) is 2.23. The lowest BCUT2D eigenvalue weighted by atomic mass is 10.4. The van der Waals surface area contributed by atoms with Gasteiger partial charge in [-0.15, -0.1) is 11.3 Å². The second kappa shape index (κ2) is 7.53. The average Bonchev–Trinajstić information content (AvgIpc) is 2.72. The minimum Gasteiger partial charge on any atom is -0.383 e. The SMILES string of the molecule is CCN(Cc1ccc(Cl)s1)C(=O)NCCOC. The van der Waals surface area contributed by atoms with Crippen molar-refractivity contribution < 1.29 is 9.53 Å². The van der Waals surface area contributed by atoms with Crippen LogP contribution in [0.1, 0.15) is 11.8 Å². The van der Waals surface area contributed by atoms with Gasteiger partial charge in [-0.2, -0.15) is 0 Å². The van der Waals surface area contributed by atoms with Crippen molar-refractivity contribution in [3.63, 3.8) is 0 Å². The van der Waals surface area contributed by atoms with Crippen LogP contribution in [0.2, 0.25) is 4.34 Å². The third-order valence-corrected chi connectivity index (χ3v) is 3.44. The van der Waals surface area contributed by atoms with E-state index in [1.807, 2.05) is 19.1 Å². The van der Waals surface area contributed by atoms with Crippen LogP contribution in [0.5, 0.6) is 0 Å². The molecule has 0 radical (unpaired) electrons. The van der Waals surface area contributed by atoms with Gasteiger partial charge < -0.3 is 15.0 Å². The van der Waals surface area contributed by atoms with Gasteiger partial charge in [-0.25, -0.2) is 4.79 Å². The van der Waals surface area contributed by atoms with Crippen LogP contribution in [0.15, 0.2) is 12.1 Å². The highest BCUT2D eigenvalue weighted by molar-refractivity contribution is 7.16. The summed E-state index contributed by atoms with van der Waals surface area (Å²) in [5, 5.41) is 2.80. The van der Waals surface area contributed by atoms with Crippen LogP contribution in [0.4, 0.5) is 4.79 Å². The van der Waals surface area contributed by atoms with Gasteiger partial charge in [0.25, 0.3) is 0 Å². The average molecular weight is 277 g/mol. The summed E-state index contributed by atoms with van der Waals surface area (Å²) in [6, 6.07) is 3.71. The number of methoxy groups -OCH3 is 1. The highest BCUT2D eigenvalue weighted by Crippen LogP contribution is 2.22. The van der Waals surface area contributed by atoms with Gasteiger partial charge in [-0.3, -0.25) is 0 Å². The Labute approximate surface area is 111 Å². The maximum Gasteiger partial charge on any atom is 0.317 e. The molecule has 0 aliphatic rings. The topological polar surface area (TPSA) is 41.6 Å². The molecular weight excluding hydrogens is 260 g/mol. The van der Waals surface area contributed by atoms with Gasteiger partial charge in [0, 0.05) is 25.1 Å². The summed E-state index contributed by atoms with van der Waals surface area (Å²) in [5.74, 6) is 0. The molecule has 4 nitrogen and oxygen atoms in total. The van der Waals surface area contributed by atoms with Crippen molar-refractivity contribution in [1.82, 2.24) is 10.2 Å². The molecule has 6 heteroatoms. The van der Waals surface area contributed by atoms with E-state index in [1.165, 1.54) is 11.3 Å². The van der Waals surface area contributed by atoms with Crippen molar-refractivity contribution in [1.29, 1.82) is 0 Å². The molecule has 0 aliphatic carbocycles. The second-order valence-electron chi connectivity index (χ2n) is 3.44. The number of hydrogen-bond donors (Lipinski definition) is 1. The van der Waals surface area contributed by atoms with Gasteiger partial charge in [0.05, 0.1) is 17.5 Å². The van der Waals surface area contributed by atoms with Crippen LogP contribution in [0.3, 0.4) is 0 Å². The molecule has 0 aromatic carbocycles. The maximum atomic E-state index is 11.8. The van der Waals surface area contributed by atoms with Crippen LogP contribution in [-0.2, 0) is 11.3 Å².